The van der Waals surface area contributed by atoms with Crippen molar-refractivity contribution < 1.29 is 14.7 Å². The fourth-order valence-electron chi connectivity index (χ4n) is 1.57. The molecule has 2 amide bonds. The van der Waals surface area contributed by atoms with Crippen molar-refractivity contribution in [3.05, 3.63) is 28.2 Å². The van der Waals surface area contributed by atoms with Gasteiger partial charge in [-0.15, -0.1) is 0 Å². The second-order valence-corrected chi connectivity index (χ2v) is 5.49. The number of carboxylic acids is 1. The van der Waals surface area contributed by atoms with E-state index in [0.29, 0.717) is 15.7 Å². The van der Waals surface area contributed by atoms with Crippen molar-refractivity contribution in [1.29, 1.82) is 0 Å². The molecular weight excluding hydrogens is 303 g/mol. The molecule has 1 unspecified atom stereocenters. The number of hydrogen-bond donors (Lipinski definition) is 3. The van der Waals surface area contributed by atoms with Gasteiger partial charge in [0.05, 0.1) is 16.6 Å². The van der Waals surface area contributed by atoms with E-state index in [9.17, 15) is 9.59 Å². The van der Waals surface area contributed by atoms with Gasteiger partial charge in [0.15, 0.2) is 0 Å². The van der Waals surface area contributed by atoms with Crippen LogP contribution in [0, 0.1) is 11.8 Å². The third kappa shape index (κ3) is 4.90. The number of halogens is 2. The van der Waals surface area contributed by atoms with Crippen LogP contribution in [0.25, 0.3) is 0 Å². The molecule has 20 heavy (non-hydrogen) atoms. The van der Waals surface area contributed by atoms with E-state index in [1.807, 2.05) is 0 Å². The minimum Gasteiger partial charge on any atom is -0.481 e. The van der Waals surface area contributed by atoms with Crippen LogP contribution in [0.1, 0.15) is 13.8 Å². The Morgan fingerprint density at radius 1 is 1.30 bits per heavy atom. The SMILES string of the molecule is CC(C)C(CNC(=O)Nc1cc(Cl)ccc1Cl)C(=O)O. The van der Waals surface area contributed by atoms with E-state index in [0.717, 1.165) is 0 Å². The number of carbonyl (C=O) groups excluding carboxylic acids is 1. The molecule has 3 N–H and O–H groups in total. The summed E-state index contributed by atoms with van der Waals surface area (Å²) in [6, 6.07) is 4.15. The normalized spacial score (nSPS) is 12.1. The first-order valence-electron chi connectivity index (χ1n) is 6.04. The maximum absolute atomic E-state index is 11.7. The van der Waals surface area contributed by atoms with Crippen molar-refractivity contribution in [2.45, 2.75) is 13.8 Å². The fourth-order valence-corrected chi connectivity index (χ4v) is 1.91. The van der Waals surface area contributed by atoms with Gasteiger partial charge in [-0.05, 0) is 24.1 Å². The molecule has 0 spiro atoms. The molecule has 1 aromatic carbocycles. The summed E-state index contributed by atoms with van der Waals surface area (Å²) in [4.78, 5) is 22.7. The summed E-state index contributed by atoms with van der Waals surface area (Å²) in [6.45, 7) is 3.61. The number of carboxylic acid groups (broad SMARTS) is 1. The molecule has 0 bridgehead atoms. The lowest BCUT2D eigenvalue weighted by Crippen LogP contribution is -2.37. The Morgan fingerprint density at radius 3 is 2.50 bits per heavy atom. The number of amides is 2. The highest BCUT2D eigenvalue weighted by Gasteiger charge is 2.22. The number of hydrogen-bond acceptors (Lipinski definition) is 2. The minimum absolute atomic E-state index is 0.0387. The van der Waals surface area contributed by atoms with Crippen LogP contribution in [0.15, 0.2) is 18.2 Å². The van der Waals surface area contributed by atoms with Crippen LogP contribution in [-0.4, -0.2) is 23.7 Å². The predicted molar refractivity (Wildman–Crippen MR) is 79.4 cm³/mol. The Hall–Kier alpha value is -1.46. The van der Waals surface area contributed by atoms with E-state index >= 15 is 0 Å². The van der Waals surface area contributed by atoms with Crippen molar-refractivity contribution in [1.82, 2.24) is 5.32 Å². The highest BCUT2D eigenvalue weighted by Crippen LogP contribution is 2.25. The number of benzene rings is 1. The number of anilines is 1. The average Bonchev–Trinajstić information content (AvgIpc) is 2.33. The van der Waals surface area contributed by atoms with E-state index in [1.54, 1.807) is 26.0 Å². The van der Waals surface area contributed by atoms with Gasteiger partial charge in [0.2, 0.25) is 0 Å². The summed E-state index contributed by atoms with van der Waals surface area (Å²) >= 11 is 11.7. The highest BCUT2D eigenvalue weighted by molar-refractivity contribution is 6.35. The van der Waals surface area contributed by atoms with Gasteiger partial charge in [-0.25, -0.2) is 4.79 Å². The molecule has 0 radical (unpaired) electrons. The smallest absolute Gasteiger partial charge is 0.319 e. The number of nitrogens with one attached hydrogen (secondary N) is 2. The minimum atomic E-state index is -0.943. The lowest BCUT2D eigenvalue weighted by Gasteiger charge is -2.17. The van der Waals surface area contributed by atoms with E-state index in [2.05, 4.69) is 10.6 Å². The summed E-state index contributed by atoms with van der Waals surface area (Å²) < 4.78 is 0. The van der Waals surface area contributed by atoms with Crippen molar-refractivity contribution in [3.63, 3.8) is 0 Å². The van der Waals surface area contributed by atoms with E-state index in [4.69, 9.17) is 28.3 Å². The summed E-state index contributed by atoms with van der Waals surface area (Å²) in [7, 11) is 0. The second-order valence-electron chi connectivity index (χ2n) is 4.65. The highest BCUT2D eigenvalue weighted by atomic mass is 35.5. The molecule has 7 heteroatoms. The van der Waals surface area contributed by atoms with E-state index < -0.39 is 17.9 Å². The van der Waals surface area contributed by atoms with Crippen LogP contribution in [0.5, 0.6) is 0 Å². The van der Waals surface area contributed by atoms with Gasteiger partial charge in [0.1, 0.15) is 0 Å². The molecule has 0 aromatic heterocycles. The van der Waals surface area contributed by atoms with Crippen LogP contribution in [0.3, 0.4) is 0 Å². The summed E-state index contributed by atoms with van der Waals surface area (Å²) in [5.74, 6) is -1.67. The van der Waals surface area contributed by atoms with Gasteiger partial charge in [-0.1, -0.05) is 37.0 Å². The summed E-state index contributed by atoms with van der Waals surface area (Å²) in [5.41, 5.74) is 0.369. The van der Waals surface area contributed by atoms with Crippen molar-refractivity contribution in [3.8, 4) is 0 Å². The molecule has 0 fully saturated rings. The lowest BCUT2D eigenvalue weighted by molar-refractivity contribution is -0.142. The number of rotatable bonds is 5. The maximum Gasteiger partial charge on any atom is 0.319 e. The van der Waals surface area contributed by atoms with Crippen molar-refractivity contribution >= 4 is 40.9 Å². The summed E-state index contributed by atoms with van der Waals surface area (Å²) in [5, 5.41) is 14.8. The summed E-state index contributed by atoms with van der Waals surface area (Å²) in [6.07, 6.45) is 0. The quantitative estimate of drug-likeness (QED) is 0.777. The molecule has 110 valence electrons. The van der Waals surface area contributed by atoms with Gasteiger partial charge >= 0.3 is 12.0 Å². The molecular formula is C13H16Cl2N2O3. The third-order valence-electron chi connectivity index (χ3n) is 2.78. The van der Waals surface area contributed by atoms with Crippen LogP contribution < -0.4 is 10.6 Å². The molecule has 0 aliphatic carbocycles. The molecule has 1 rings (SSSR count). The Kier molecular flexibility index (Phi) is 6.10. The van der Waals surface area contributed by atoms with Crippen LogP contribution in [-0.2, 0) is 4.79 Å². The first-order valence-corrected chi connectivity index (χ1v) is 6.79. The predicted octanol–water partition coefficient (Wildman–Crippen LogP) is 3.47. The zero-order valence-corrected chi connectivity index (χ0v) is 12.6. The molecule has 0 aliphatic rings. The van der Waals surface area contributed by atoms with Crippen LogP contribution >= 0.6 is 23.2 Å². The largest absolute Gasteiger partial charge is 0.481 e. The first kappa shape index (κ1) is 16.6. The Bertz CT molecular complexity index is 506. The van der Waals surface area contributed by atoms with E-state index in [-0.39, 0.29) is 12.5 Å². The van der Waals surface area contributed by atoms with E-state index in [1.165, 1.54) is 6.07 Å². The second kappa shape index (κ2) is 7.36. The first-order chi connectivity index (χ1) is 9.31. The van der Waals surface area contributed by atoms with Crippen LogP contribution in [0.2, 0.25) is 10.0 Å². The van der Waals surface area contributed by atoms with Gasteiger partial charge in [-0.3, -0.25) is 4.79 Å². The lowest BCUT2D eigenvalue weighted by atomic mass is 9.96. The van der Waals surface area contributed by atoms with Gasteiger partial charge in [0, 0.05) is 11.6 Å². The van der Waals surface area contributed by atoms with Crippen molar-refractivity contribution in [2.75, 3.05) is 11.9 Å². The molecule has 1 atom stereocenters. The monoisotopic (exact) mass is 318 g/mol. The molecule has 0 heterocycles. The average molecular weight is 319 g/mol. The van der Waals surface area contributed by atoms with Gasteiger partial charge < -0.3 is 15.7 Å². The molecule has 0 saturated carbocycles. The molecule has 5 nitrogen and oxygen atoms in total. The number of carbonyl (C=O) groups is 2. The standard InChI is InChI=1S/C13H16Cl2N2O3/c1-7(2)9(12(18)19)6-16-13(20)17-11-5-8(14)3-4-10(11)15/h3-5,7,9H,6H2,1-2H3,(H,18,19)(H2,16,17,20). The Morgan fingerprint density at radius 2 is 1.95 bits per heavy atom. The van der Waals surface area contributed by atoms with Crippen LogP contribution in [0.4, 0.5) is 10.5 Å². The molecule has 0 aliphatic heterocycles. The van der Waals surface area contributed by atoms with Gasteiger partial charge in [0.25, 0.3) is 0 Å². The third-order valence-corrected chi connectivity index (χ3v) is 3.35. The number of aliphatic carboxylic acids is 1. The van der Waals surface area contributed by atoms with Gasteiger partial charge in [-0.2, -0.15) is 0 Å². The Balaban J connectivity index is 2.60. The van der Waals surface area contributed by atoms with Crippen molar-refractivity contribution in [2.24, 2.45) is 11.8 Å². The zero-order valence-electron chi connectivity index (χ0n) is 11.1. The Labute approximate surface area is 127 Å². The maximum atomic E-state index is 11.7. The molecule has 1 aromatic rings. The zero-order chi connectivity index (χ0) is 15.3. The topological polar surface area (TPSA) is 78.4 Å². The number of urea groups is 1. The fraction of sp³-hybridized carbons (Fsp3) is 0.385. The molecule has 0 saturated heterocycles.